The van der Waals surface area contributed by atoms with Crippen LogP contribution in [0.3, 0.4) is 0 Å². The molecule has 2 heteroatoms. The highest BCUT2D eigenvalue weighted by atomic mass is 32.2. The molecule has 0 radical (unpaired) electrons. The highest BCUT2D eigenvalue weighted by molar-refractivity contribution is 7.99. The number of thioether (sulfide) groups is 1. The van der Waals surface area contributed by atoms with Gasteiger partial charge in [0.25, 0.3) is 0 Å². The molecule has 0 aromatic heterocycles. The molecule has 0 spiro atoms. The topological polar surface area (TPSA) is 12.0 Å². The Hall–Kier alpha value is -0.470. The Kier molecular flexibility index (Phi) is 4.86. The summed E-state index contributed by atoms with van der Waals surface area (Å²) in [5.74, 6) is 1.98. The molecule has 0 saturated heterocycles. The Morgan fingerprint density at radius 3 is 2.55 bits per heavy atom. The zero-order chi connectivity index (χ0) is 14.8. The summed E-state index contributed by atoms with van der Waals surface area (Å²) in [6.45, 7) is 12.6. The molecule has 0 fully saturated rings. The van der Waals surface area contributed by atoms with E-state index in [0.717, 1.165) is 12.5 Å². The van der Waals surface area contributed by atoms with Crippen LogP contribution in [-0.4, -0.2) is 17.8 Å². The molecular formula is C18H29NS. The molecule has 0 amide bonds. The molecule has 112 valence electrons. The number of nitrogens with one attached hydrogen (secondary N) is 1. The molecule has 1 N–H and O–H groups in total. The third-order valence-electron chi connectivity index (χ3n) is 4.44. The van der Waals surface area contributed by atoms with Gasteiger partial charge in [0.05, 0.1) is 0 Å². The minimum atomic E-state index is 0.207. The van der Waals surface area contributed by atoms with Crippen LogP contribution < -0.4 is 5.32 Å². The lowest BCUT2D eigenvalue weighted by molar-refractivity contribution is 0.227. The first-order valence-corrected chi connectivity index (χ1v) is 8.78. The molecule has 0 aliphatic carbocycles. The SMILES string of the molecule is CCC(C)(CNC(C)(C)C)CC1CSc2ccccc21. The van der Waals surface area contributed by atoms with Crippen LogP contribution in [0.2, 0.25) is 0 Å². The van der Waals surface area contributed by atoms with E-state index in [2.05, 4.69) is 64.2 Å². The molecule has 2 unspecified atom stereocenters. The van der Waals surface area contributed by atoms with Crippen molar-refractivity contribution in [1.82, 2.24) is 5.32 Å². The van der Waals surface area contributed by atoms with Gasteiger partial charge in [0.2, 0.25) is 0 Å². The number of fused-ring (bicyclic) bond motifs is 1. The zero-order valence-corrected chi connectivity index (χ0v) is 14.4. The van der Waals surface area contributed by atoms with E-state index in [1.807, 2.05) is 11.8 Å². The second-order valence-corrected chi connectivity index (χ2v) is 8.58. The van der Waals surface area contributed by atoms with Crippen molar-refractivity contribution in [2.75, 3.05) is 12.3 Å². The third kappa shape index (κ3) is 4.02. The molecule has 0 bridgehead atoms. The molecule has 20 heavy (non-hydrogen) atoms. The highest BCUT2D eigenvalue weighted by Crippen LogP contribution is 2.45. The third-order valence-corrected chi connectivity index (χ3v) is 5.69. The van der Waals surface area contributed by atoms with Gasteiger partial charge in [0, 0.05) is 22.7 Å². The Bertz CT molecular complexity index is 449. The summed E-state index contributed by atoms with van der Waals surface area (Å²) in [6.07, 6.45) is 2.52. The van der Waals surface area contributed by atoms with Gasteiger partial charge in [-0.25, -0.2) is 0 Å². The Morgan fingerprint density at radius 1 is 1.20 bits per heavy atom. The fourth-order valence-electron chi connectivity index (χ4n) is 2.81. The molecule has 1 aromatic carbocycles. The van der Waals surface area contributed by atoms with Crippen LogP contribution in [0.1, 0.15) is 58.9 Å². The van der Waals surface area contributed by atoms with Crippen molar-refractivity contribution >= 4 is 11.8 Å². The monoisotopic (exact) mass is 291 g/mol. The largest absolute Gasteiger partial charge is 0.312 e. The lowest BCUT2D eigenvalue weighted by Crippen LogP contribution is -2.43. The van der Waals surface area contributed by atoms with Gasteiger partial charge in [0.15, 0.2) is 0 Å². The lowest BCUT2D eigenvalue weighted by atomic mass is 9.77. The summed E-state index contributed by atoms with van der Waals surface area (Å²) in [4.78, 5) is 1.50. The summed E-state index contributed by atoms with van der Waals surface area (Å²) in [6, 6.07) is 8.95. The van der Waals surface area contributed by atoms with Crippen LogP contribution in [0.5, 0.6) is 0 Å². The van der Waals surface area contributed by atoms with Crippen molar-refractivity contribution < 1.29 is 0 Å². The van der Waals surface area contributed by atoms with Crippen molar-refractivity contribution in [3.63, 3.8) is 0 Å². The molecule has 1 heterocycles. The first kappa shape index (κ1) is 15.9. The fourth-order valence-corrected chi connectivity index (χ4v) is 4.07. The van der Waals surface area contributed by atoms with Crippen LogP contribution >= 0.6 is 11.8 Å². The summed E-state index contributed by atoms with van der Waals surface area (Å²) < 4.78 is 0. The molecule has 2 atom stereocenters. The number of benzene rings is 1. The average molecular weight is 292 g/mol. The quantitative estimate of drug-likeness (QED) is 0.813. The Labute approximate surface area is 128 Å². The second-order valence-electron chi connectivity index (χ2n) is 7.52. The van der Waals surface area contributed by atoms with Crippen LogP contribution in [0.15, 0.2) is 29.2 Å². The van der Waals surface area contributed by atoms with Crippen molar-refractivity contribution in [2.24, 2.45) is 5.41 Å². The van der Waals surface area contributed by atoms with Crippen LogP contribution in [-0.2, 0) is 0 Å². The summed E-state index contributed by atoms with van der Waals surface area (Å²) >= 11 is 2.03. The van der Waals surface area contributed by atoms with Gasteiger partial charge in [-0.15, -0.1) is 11.8 Å². The predicted molar refractivity (Wildman–Crippen MR) is 90.7 cm³/mol. The van der Waals surface area contributed by atoms with Gasteiger partial charge >= 0.3 is 0 Å². The van der Waals surface area contributed by atoms with Gasteiger partial charge in [-0.3, -0.25) is 0 Å². The number of hydrogen-bond acceptors (Lipinski definition) is 2. The highest BCUT2D eigenvalue weighted by Gasteiger charge is 2.32. The van der Waals surface area contributed by atoms with Gasteiger partial charge in [0.1, 0.15) is 0 Å². The Morgan fingerprint density at radius 2 is 1.90 bits per heavy atom. The fraction of sp³-hybridized carbons (Fsp3) is 0.667. The van der Waals surface area contributed by atoms with E-state index in [-0.39, 0.29) is 5.54 Å². The zero-order valence-electron chi connectivity index (χ0n) is 13.6. The molecule has 2 rings (SSSR count). The van der Waals surface area contributed by atoms with Gasteiger partial charge in [-0.1, -0.05) is 32.0 Å². The van der Waals surface area contributed by atoms with E-state index in [0.29, 0.717) is 5.41 Å². The van der Waals surface area contributed by atoms with E-state index in [1.54, 1.807) is 5.56 Å². The summed E-state index contributed by atoms with van der Waals surface area (Å²) in [5, 5.41) is 3.70. The van der Waals surface area contributed by atoms with Crippen molar-refractivity contribution in [3.8, 4) is 0 Å². The maximum absolute atomic E-state index is 3.70. The maximum atomic E-state index is 3.70. The maximum Gasteiger partial charge on any atom is 0.0107 e. The summed E-state index contributed by atoms with van der Waals surface area (Å²) in [5.41, 5.74) is 2.17. The first-order valence-electron chi connectivity index (χ1n) is 7.80. The number of rotatable bonds is 5. The normalized spacial score (nSPS) is 21.6. The molecule has 1 nitrogen and oxygen atoms in total. The molecule has 0 saturated carbocycles. The minimum absolute atomic E-state index is 0.207. The van der Waals surface area contributed by atoms with Gasteiger partial charge < -0.3 is 5.32 Å². The van der Waals surface area contributed by atoms with E-state index in [9.17, 15) is 0 Å². The number of hydrogen-bond donors (Lipinski definition) is 1. The summed E-state index contributed by atoms with van der Waals surface area (Å²) in [7, 11) is 0. The molecule has 1 aromatic rings. The second kappa shape index (κ2) is 6.11. The standard InChI is InChI=1S/C18H29NS/c1-6-18(5,13-19-17(2,3)4)11-14-12-20-16-10-8-7-9-15(14)16/h7-10,14,19H,6,11-13H2,1-5H3. The van der Waals surface area contributed by atoms with Crippen molar-refractivity contribution in [2.45, 2.75) is 63.8 Å². The molecule has 1 aliphatic heterocycles. The van der Waals surface area contributed by atoms with E-state index in [1.165, 1.54) is 23.5 Å². The Balaban J connectivity index is 2.04. The smallest absolute Gasteiger partial charge is 0.0107 e. The van der Waals surface area contributed by atoms with E-state index in [4.69, 9.17) is 0 Å². The molecular weight excluding hydrogens is 262 g/mol. The first-order chi connectivity index (χ1) is 9.33. The van der Waals surface area contributed by atoms with Crippen LogP contribution in [0, 0.1) is 5.41 Å². The lowest BCUT2D eigenvalue weighted by Gasteiger charge is -2.35. The van der Waals surface area contributed by atoms with Crippen LogP contribution in [0.25, 0.3) is 0 Å². The van der Waals surface area contributed by atoms with Crippen LogP contribution in [0.4, 0.5) is 0 Å². The van der Waals surface area contributed by atoms with Gasteiger partial charge in [-0.2, -0.15) is 0 Å². The van der Waals surface area contributed by atoms with Crippen molar-refractivity contribution in [3.05, 3.63) is 29.8 Å². The van der Waals surface area contributed by atoms with Crippen molar-refractivity contribution in [1.29, 1.82) is 0 Å². The predicted octanol–water partition coefficient (Wildman–Crippen LogP) is 5.07. The molecule has 1 aliphatic rings. The minimum Gasteiger partial charge on any atom is -0.312 e. The van der Waals surface area contributed by atoms with E-state index < -0.39 is 0 Å². The average Bonchev–Trinajstić information content (AvgIpc) is 2.79. The van der Waals surface area contributed by atoms with E-state index >= 15 is 0 Å². The van der Waals surface area contributed by atoms with Gasteiger partial charge in [-0.05, 0) is 56.6 Å².